The highest BCUT2D eigenvalue weighted by Crippen LogP contribution is 2.31. The molecule has 0 amide bonds. The van der Waals surface area contributed by atoms with Crippen molar-refractivity contribution in [3.8, 4) is 0 Å². The molecule has 3 aromatic heterocycles. The van der Waals surface area contributed by atoms with E-state index in [0.29, 0.717) is 22.7 Å². The highest BCUT2D eigenvalue weighted by Gasteiger charge is 2.28. The first-order valence-corrected chi connectivity index (χ1v) is 12.1. The molecule has 2 N–H and O–H groups in total. The van der Waals surface area contributed by atoms with Gasteiger partial charge in [0.25, 0.3) is 5.56 Å². The van der Waals surface area contributed by atoms with Crippen LogP contribution in [0, 0.1) is 13.8 Å². The van der Waals surface area contributed by atoms with E-state index in [1.165, 1.54) is 0 Å². The molecule has 1 aromatic carbocycles. The molecule has 1 aliphatic rings. The summed E-state index contributed by atoms with van der Waals surface area (Å²) in [5.41, 5.74) is 4.60. The van der Waals surface area contributed by atoms with Crippen molar-refractivity contribution in [2.45, 2.75) is 39.2 Å². The van der Waals surface area contributed by atoms with Crippen molar-refractivity contribution in [3.63, 3.8) is 0 Å². The second-order valence-electron chi connectivity index (χ2n) is 9.43. The van der Waals surface area contributed by atoms with Crippen molar-refractivity contribution in [2.24, 2.45) is 0 Å². The van der Waals surface area contributed by atoms with Crippen molar-refractivity contribution >= 4 is 23.1 Å². The number of carbonyl (C=O) groups is 1. The molecule has 8 heteroatoms. The maximum Gasteiger partial charge on any atom is 0.337 e. The average Bonchev–Trinajstić information content (AvgIpc) is 3.37. The van der Waals surface area contributed by atoms with Gasteiger partial charge in [0.05, 0.1) is 17.2 Å². The number of aryl methyl sites for hydroxylation is 1. The Morgan fingerprint density at radius 2 is 1.94 bits per heavy atom. The Hall–Kier alpha value is -4.20. The van der Waals surface area contributed by atoms with Crippen LogP contribution >= 0.6 is 0 Å². The number of fused-ring (bicyclic) bond motifs is 1. The van der Waals surface area contributed by atoms with Crippen molar-refractivity contribution in [3.05, 3.63) is 99.2 Å². The molecule has 36 heavy (non-hydrogen) atoms. The summed E-state index contributed by atoms with van der Waals surface area (Å²) >= 11 is 0. The topological polar surface area (TPSA) is 99.8 Å². The van der Waals surface area contributed by atoms with Crippen molar-refractivity contribution in [2.75, 3.05) is 23.3 Å². The molecule has 0 saturated carbocycles. The summed E-state index contributed by atoms with van der Waals surface area (Å²) in [7, 11) is 0. The second-order valence-corrected chi connectivity index (χ2v) is 9.43. The van der Waals surface area contributed by atoms with Crippen LogP contribution in [0.5, 0.6) is 0 Å². The molecular formula is C28H29N5O3. The monoisotopic (exact) mass is 483 g/mol. The number of aromatic nitrogens is 3. The first-order chi connectivity index (χ1) is 17.3. The van der Waals surface area contributed by atoms with E-state index in [1.807, 2.05) is 57.4 Å². The van der Waals surface area contributed by atoms with Gasteiger partial charge in [-0.05, 0) is 63.1 Å². The molecule has 1 aliphatic heterocycles. The minimum absolute atomic E-state index is 0.0978. The molecule has 1 saturated heterocycles. The number of rotatable bonds is 6. The van der Waals surface area contributed by atoms with Crippen LogP contribution in [0.1, 0.15) is 58.0 Å². The highest BCUT2D eigenvalue weighted by molar-refractivity contribution is 5.94. The number of para-hydroxylation sites is 1. The van der Waals surface area contributed by atoms with E-state index in [0.717, 1.165) is 36.3 Å². The van der Waals surface area contributed by atoms with E-state index in [-0.39, 0.29) is 23.1 Å². The first kappa shape index (κ1) is 23.5. The third-order valence-electron chi connectivity index (χ3n) is 6.88. The highest BCUT2D eigenvalue weighted by atomic mass is 16.4. The number of benzene rings is 1. The molecule has 0 bridgehead atoms. The molecule has 184 valence electrons. The number of nitrogens with one attached hydrogen (secondary N) is 1. The standard InChI is InChI=1S/C28H29N5O3/c1-17-14-22(19(3)30-24-10-5-4-8-21(24)28(35)36)26-31-25(18(2)27(34)33(26)15-17)32-13-11-20(16-32)23-9-6-7-12-29-23/h4-10,12,14-15,19-20,30H,11,13,16H2,1-3H3,(H,35,36). The lowest BCUT2D eigenvalue weighted by atomic mass is 10.0. The predicted molar refractivity (Wildman–Crippen MR) is 140 cm³/mol. The zero-order chi connectivity index (χ0) is 25.4. The summed E-state index contributed by atoms with van der Waals surface area (Å²) < 4.78 is 1.61. The van der Waals surface area contributed by atoms with Crippen LogP contribution in [-0.2, 0) is 0 Å². The van der Waals surface area contributed by atoms with Crippen molar-refractivity contribution in [1.82, 2.24) is 14.4 Å². The number of hydrogen-bond donors (Lipinski definition) is 2. The molecule has 4 heterocycles. The summed E-state index contributed by atoms with van der Waals surface area (Å²) in [6.07, 6.45) is 4.57. The van der Waals surface area contributed by atoms with Gasteiger partial charge in [-0.25, -0.2) is 9.78 Å². The van der Waals surface area contributed by atoms with E-state index in [4.69, 9.17) is 4.98 Å². The Balaban J connectivity index is 1.55. The van der Waals surface area contributed by atoms with E-state index < -0.39 is 5.97 Å². The number of nitrogens with zero attached hydrogens (tertiary/aromatic N) is 4. The van der Waals surface area contributed by atoms with Gasteiger partial charge in [0, 0.05) is 48.3 Å². The number of carboxylic acid groups (broad SMARTS) is 1. The fourth-order valence-electron chi connectivity index (χ4n) is 5.03. The second kappa shape index (κ2) is 9.45. The molecule has 0 spiro atoms. The maximum atomic E-state index is 13.5. The van der Waals surface area contributed by atoms with Crippen LogP contribution in [0.15, 0.2) is 65.7 Å². The summed E-state index contributed by atoms with van der Waals surface area (Å²) in [6, 6.07) is 14.5. The van der Waals surface area contributed by atoms with Gasteiger partial charge in [-0.1, -0.05) is 18.2 Å². The molecule has 8 nitrogen and oxygen atoms in total. The summed E-state index contributed by atoms with van der Waals surface area (Å²) in [6.45, 7) is 7.27. The van der Waals surface area contributed by atoms with Crippen molar-refractivity contribution < 1.29 is 9.90 Å². The number of pyridine rings is 2. The van der Waals surface area contributed by atoms with Gasteiger partial charge in [-0.2, -0.15) is 0 Å². The van der Waals surface area contributed by atoms with E-state index in [9.17, 15) is 14.7 Å². The first-order valence-electron chi connectivity index (χ1n) is 12.1. The maximum absolute atomic E-state index is 13.5. The van der Waals surface area contributed by atoms with Crippen LogP contribution in [0.3, 0.4) is 0 Å². The molecule has 4 aromatic rings. The third-order valence-corrected chi connectivity index (χ3v) is 6.88. The Morgan fingerprint density at radius 1 is 1.17 bits per heavy atom. The minimum Gasteiger partial charge on any atom is -0.478 e. The largest absolute Gasteiger partial charge is 0.478 e. The van der Waals surface area contributed by atoms with Gasteiger partial charge in [-0.15, -0.1) is 0 Å². The van der Waals surface area contributed by atoms with Crippen LogP contribution in [0.2, 0.25) is 0 Å². The molecule has 2 unspecified atom stereocenters. The van der Waals surface area contributed by atoms with Crippen LogP contribution in [0.4, 0.5) is 11.5 Å². The Labute approximate surface area is 209 Å². The van der Waals surface area contributed by atoms with Crippen LogP contribution in [0.25, 0.3) is 5.65 Å². The normalized spacial score (nSPS) is 16.3. The molecule has 1 fully saturated rings. The van der Waals surface area contributed by atoms with Gasteiger partial charge >= 0.3 is 5.97 Å². The Morgan fingerprint density at radius 3 is 2.69 bits per heavy atom. The van der Waals surface area contributed by atoms with Crippen LogP contribution in [-0.4, -0.2) is 38.5 Å². The SMILES string of the molecule is Cc1cc(C(C)Nc2ccccc2C(=O)O)c2nc(N3CCC(c4ccccn4)C3)c(C)c(=O)n2c1. The summed E-state index contributed by atoms with van der Waals surface area (Å²) in [4.78, 5) is 36.9. The Bertz CT molecular complexity index is 1500. The molecule has 5 rings (SSSR count). The number of carboxylic acids is 1. The lowest BCUT2D eigenvalue weighted by molar-refractivity contribution is 0.0698. The van der Waals surface area contributed by atoms with Gasteiger partial charge in [0.2, 0.25) is 0 Å². The fraction of sp³-hybridized carbons (Fsp3) is 0.286. The number of aromatic carboxylic acids is 1. The third kappa shape index (κ3) is 4.30. The van der Waals surface area contributed by atoms with Gasteiger partial charge < -0.3 is 15.3 Å². The van der Waals surface area contributed by atoms with E-state index in [2.05, 4.69) is 15.2 Å². The van der Waals surface area contributed by atoms with Gasteiger partial charge in [0.1, 0.15) is 11.5 Å². The zero-order valence-electron chi connectivity index (χ0n) is 20.6. The summed E-state index contributed by atoms with van der Waals surface area (Å²) in [5, 5.41) is 12.9. The van der Waals surface area contributed by atoms with E-state index >= 15 is 0 Å². The summed E-state index contributed by atoms with van der Waals surface area (Å²) in [5.74, 6) is -0.0127. The van der Waals surface area contributed by atoms with Gasteiger partial charge in [-0.3, -0.25) is 14.2 Å². The number of anilines is 2. The number of hydrogen-bond acceptors (Lipinski definition) is 6. The smallest absolute Gasteiger partial charge is 0.337 e. The lowest BCUT2D eigenvalue weighted by Gasteiger charge is -2.23. The minimum atomic E-state index is -0.997. The molecule has 0 radical (unpaired) electrons. The van der Waals surface area contributed by atoms with Crippen molar-refractivity contribution in [1.29, 1.82) is 0 Å². The van der Waals surface area contributed by atoms with E-state index in [1.54, 1.807) is 28.7 Å². The predicted octanol–water partition coefficient (Wildman–Crippen LogP) is 4.57. The molecule has 2 atom stereocenters. The van der Waals surface area contributed by atoms with Gasteiger partial charge in [0.15, 0.2) is 0 Å². The average molecular weight is 484 g/mol. The van der Waals surface area contributed by atoms with Crippen LogP contribution < -0.4 is 15.8 Å². The molecule has 0 aliphatic carbocycles. The fourth-order valence-corrected chi connectivity index (χ4v) is 5.03. The molecular weight excluding hydrogens is 454 g/mol. The Kier molecular flexibility index (Phi) is 6.18. The quantitative estimate of drug-likeness (QED) is 0.414. The lowest BCUT2D eigenvalue weighted by Crippen LogP contribution is -2.28. The zero-order valence-corrected chi connectivity index (χ0v) is 20.6.